The SMILES string of the molecule is CC(=O)CNS(=O)(=O)CCNC(=O)NCCC1CCN(c2cc(N3CCC[C@H]3C(=O)CCCc3ccc(C#N)cc3)nc(C(F)(F)F)n2)CC1. The smallest absolute Gasteiger partial charge is 0.356 e. The number of halogens is 3. The molecule has 2 aliphatic heterocycles. The Bertz CT molecular complexity index is 1640. The molecule has 0 radical (unpaired) electrons. The minimum atomic E-state index is -4.77. The zero-order valence-corrected chi connectivity index (χ0v) is 28.8. The normalized spacial score (nSPS) is 17.0. The van der Waals surface area contributed by atoms with Gasteiger partial charge in [0.1, 0.15) is 17.4 Å². The number of ketones is 2. The number of alkyl halides is 3. The van der Waals surface area contributed by atoms with Crippen LogP contribution in [0.4, 0.5) is 29.6 Å². The van der Waals surface area contributed by atoms with Crippen LogP contribution in [0.15, 0.2) is 30.3 Å². The molecule has 2 fully saturated rings. The van der Waals surface area contributed by atoms with E-state index < -0.39 is 34.1 Å². The Hall–Kier alpha value is -4.30. The molecular formula is C33H43F3N8O5S. The summed E-state index contributed by atoms with van der Waals surface area (Å²) in [6.45, 7) is 2.46. The van der Waals surface area contributed by atoms with Crippen LogP contribution in [-0.4, -0.2) is 87.0 Å². The monoisotopic (exact) mass is 720 g/mol. The molecule has 0 aliphatic carbocycles. The highest BCUT2D eigenvalue weighted by molar-refractivity contribution is 7.89. The summed E-state index contributed by atoms with van der Waals surface area (Å²) in [5, 5.41) is 14.1. The largest absolute Gasteiger partial charge is 0.451 e. The first-order valence-electron chi connectivity index (χ1n) is 16.7. The van der Waals surface area contributed by atoms with Crippen LogP contribution in [0.5, 0.6) is 0 Å². The average Bonchev–Trinajstić information content (AvgIpc) is 3.58. The quantitative estimate of drug-likeness (QED) is 0.233. The second kappa shape index (κ2) is 17.6. The number of hydrogen-bond acceptors (Lipinski definition) is 10. The first kappa shape index (κ1) is 38.5. The predicted octanol–water partition coefficient (Wildman–Crippen LogP) is 3.34. The second-order valence-electron chi connectivity index (χ2n) is 12.6. The van der Waals surface area contributed by atoms with Crippen molar-refractivity contribution in [3.63, 3.8) is 0 Å². The van der Waals surface area contributed by atoms with Crippen LogP contribution >= 0.6 is 0 Å². The lowest BCUT2D eigenvalue weighted by Gasteiger charge is -2.34. The lowest BCUT2D eigenvalue weighted by Crippen LogP contribution is -2.41. The molecule has 3 heterocycles. The van der Waals surface area contributed by atoms with Gasteiger partial charge in [-0.2, -0.15) is 18.4 Å². The fourth-order valence-corrected chi connectivity index (χ4v) is 7.04. The van der Waals surface area contributed by atoms with Crippen molar-refractivity contribution in [2.75, 3.05) is 54.8 Å². The number of nitriles is 1. The summed E-state index contributed by atoms with van der Waals surface area (Å²) >= 11 is 0. The van der Waals surface area contributed by atoms with Crippen molar-refractivity contribution in [3.8, 4) is 6.07 Å². The third-order valence-corrected chi connectivity index (χ3v) is 10.1. The molecule has 4 rings (SSSR count). The molecule has 1 aromatic heterocycles. The molecule has 272 valence electrons. The number of aryl methyl sites for hydroxylation is 1. The number of nitrogens with one attached hydrogen (secondary N) is 3. The molecule has 13 nitrogen and oxygen atoms in total. The summed E-state index contributed by atoms with van der Waals surface area (Å²) < 4.78 is 67.7. The van der Waals surface area contributed by atoms with Gasteiger partial charge < -0.3 is 20.4 Å². The molecule has 0 saturated carbocycles. The van der Waals surface area contributed by atoms with Gasteiger partial charge in [0.15, 0.2) is 5.78 Å². The number of benzene rings is 1. The molecule has 0 spiro atoms. The molecule has 2 aliphatic rings. The highest BCUT2D eigenvalue weighted by Gasteiger charge is 2.38. The van der Waals surface area contributed by atoms with Crippen molar-refractivity contribution in [3.05, 3.63) is 47.3 Å². The van der Waals surface area contributed by atoms with E-state index in [-0.39, 0.29) is 54.4 Å². The van der Waals surface area contributed by atoms with Gasteiger partial charge in [0.25, 0.3) is 0 Å². The summed E-state index contributed by atoms with van der Waals surface area (Å²) in [5.41, 5.74) is 1.56. The average molecular weight is 721 g/mol. The summed E-state index contributed by atoms with van der Waals surface area (Å²) in [4.78, 5) is 47.5. The van der Waals surface area contributed by atoms with Crippen LogP contribution in [0.3, 0.4) is 0 Å². The van der Waals surface area contributed by atoms with Crippen LogP contribution in [0.2, 0.25) is 0 Å². The highest BCUT2D eigenvalue weighted by atomic mass is 32.2. The number of Topliss-reactive ketones (excluding diaryl/α,β-unsaturated/α-hetero) is 2. The van der Waals surface area contributed by atoms with E-state index in [1.165, 1.54) is 6.92 Å². The number of piperidine rings is 1. The number of amides is 2. The van der Waals surface area contributed by atoms with E-state index in [1.807, 2.05) is 12.1 Å². The highest BCUT2D eigenvalue weighted by Crippen LogP contribution is 2.34. The van der Waals surface area contributed by atoms with E-state index in [0.717, 1.165) is 5.56 Å². The Morgan fingerprint density at radius 1 is 1.00 bits per heavy atom. The molecule has 3 N–H and O–H groups in total. The number of aromatic nitrogens is 2. The third kappa shape index (κ3) is 11.7. The van der Waals surface area contributed by atoms with Gasteiger partial charge >= 0.3 is 12.2 Å². The van der Waals surface area contributed by atoms with Gasteiger partial charge in [0.2, 0.25) is 15.8 Å². The molecule has 50 heavy (non-hydrogen) atoms. The van der Waals surface area contributed by atoms with E-state index >= 15 is 0 Å². The number of nitrogens with zero attached hydrogens (tertiary/aromatic N) is 5. The summed E-state index contributed by atoms with van der Waals surface area (Å²) in [5.74, 6) is -1.54. The van der Waals surface area contributed by atoms with E-state index in [0.29, 0.717) is 76.7 Å². The minimum Gasteiger partial charge on any atom is -0.356 e. The molecule has 1 atom stereocenters. The zero-order valence-electron chi connectivity index (χ0n) is 28.0. The fourth-order valence-electron chi connectivity index (χ4n) is 6.10. The maximum atomic E-state index is 14.0. The van der Waals surface area contributed by atoms with Crippen molar-refractivity contribution in [1.82, 2.24) is 25.3 Å². The molecule has 17 heteroatoms. The van der Waals surface area contributed by atoms with Crippen molar-refractivity contribution >= 4 is 39.3 Å². The van der Waals surface area contributed by atoms with Crippen LogP contribution in [-0.2, 0) is 32.2 Å². The molecule has 0 bridgehead atoms. The van der Waals surface area contributed by atoms with Crippen LogP contribution in [0.1, 0.15) is 68.8 Å². The van der Waals surface area contributed by atoms with Gasteiger partial charge in [0.05, 0.1) is 30.0 Å². The van der Waals surface area contributed by atoms with Crippen LogP contribution in [0.25, 0.3) is 0 Å². The van der Waals surface area contributed by atoms with Gasteiger partial charge in [-0.3, -0.25) is 9.59 Å². The van der Waals surface area contributed by atoms with Gasteiger partial charge in [-0.25, -0.2) is 27.9 Å². The van der Waals surface area contributed by atoms with Crippen molar-refractivity contribution in [2.45, 2.75) is 70.5 Å². The Balaban J connectivity index is 1.28. The minimum absolute atomic E-state index is 0.0420. The van der Waals surface area contributed by atoms with Crippen molar-refractivity contribution in [2.24, 2.45) is 5.92 Å². The van der Waals surface area contributed by atoms with Gasteiger partial charge in [-0.1, -0.05) is 12.1 Å². The molecular weight excluding hydrogens is 677 g/mol. The summed E-state index contributed by atoms with van der Waals surface area (Å²) in [6.07, 6.45) is -0.131. The van der Waals surface area contributed by atoms with Crippen LogP contribution < -0.4 is 25.2 Å². The third-order valence-electron chi connectivity index (χ3n) is 8.82. The first-order valence-corrected chi connectivity index (χ1v) is 18.4. The number of rotatable bonds is 16. The maximum Gasteiger partial charge on any atom is 0.451 e. The second-order valence-corrected chi connectivity index (χ2v) is 14.6. The van der Waals surface area contributed by atoms with Gasteiger partial charge in [-0.05, 0) is 75.5 Å². The predicted molar refractivity (Wildman–Crippen MR) is 180 cm³/mol. The number of sulfonamides is 1. The summed E-state index contributed by atoms with van der Waals surface area (Å²) in [7, 11) is -3.69. The maximum absolute atomic E-state index is 14.0. The van der Waals surface area contributed by atoms with E-state index in [1.54, 1.807) is 28.0 Å². The van der Waals surface area contributed by atoms with Gasteiger partial charge in [0, 0.05) is 45.2 Å². The van der Waals surface area contributed by atoms with E-state index in [2.05, 4.69) is 31.4 Å². The first-order chi connectivity index (χ1) is 23.7. The summed E-state index contributed by atoms with van der Waals surface area (Å²) in [6, 6.07) is 9.68. The molecule has 2 saturated heterocycles. The number of carbonyl (C=O) groups is 3. The van der Waals surface area contributed by atoms with E-state index in [9.17, 15) is 36.0 Å². The number of hydrogen-bond donors (Lipinski definition) is 3. The van der Waals surface area contributed by atoms with Crippen molar-refractivity contribution < 1.29 is 36.0 Å². The zero-order chi connectivity index (χ0) is 36.3. The molecule has 2 amide bonds. The molecule has 2 aromatic rings. The van der Waals surface area contributed by atoms with E-state index in [4.69, 9.17) is 5.26 Å². The van der Waals surface area contributed by atoms with Crippen molar-refractivity contribution in [1.29, 1.82) is 5.26 Å². The lowest BCUT2D eigenvalue weighted by atomic mass is 9.93. The molecule has 1 aromatic carbocycles. The number of urea groups is 1. The Labute approximate surface area is 290 Å². The standard InChI is InChI=1S/C33H43F3N8O5S/c1-23(45)22-40-50(48,49)19-15-39-32(47)38-14-11-25-12-17-43(18-13-25)29-20-30(42-31(41-29)33(34,35)36)44-16-3-5-27(44)28(46)6-2-4-24-7-9-26(21-37)10-8-24/h7-10,20,25,27,40H,2-6,11-19,22H2,1H3,(H2,38,39,47)/t27-/m0/s1. The Kier molecular flexibility index (Phi) is 13.5. The molecule has 0 unspecified atom stereocenters. The van der Waals surface area contributed by atoms with Crippen LogP contribution in [0, 0.1) is 17.2 Å². The topological polar surface area (TPSA) is 177 Å². The van der Waals surface area contributed by atoms with Gasteiger partial charge in [-0.15, -0.1) is 0 Å². The Morgan fingerprint density at radius 3 is 2.34 bits per heavy atom. The Morgan fingerprint density at radius 2 is 1.68 bits per heavy atom. The number of carbonyl (C=O) groups excluding carboxylic acids is 3. The number of anilines is 2. The lowest BCUT2D eigenvalue weighted by molar-refractivity contribution is -0.144. The fraction of sp³-hybridized carbons (Fsp3) is 0.576.